The van der Waals surface area contributed by atoms with Crippen LogP contribution in [0, 0.1) is 41.4 Å². The van der Waals surface area contributed by atoms with Crippen molar-refractivity contribution in [3.05, 3.63) is 0 Å². The average Bonchev–Trinajstić information content (AvgIpc) is 2.87. The van der Waals surface area contributed by atoms with E-state index in [0.717, 1.165) is 48.0 Å². The third-order valence-electron chi connectivity index (χ3n) is 5.78. The smallest absolute Gasteiger partial charge is 0.00435 e. The van der Waals surface area contributed by atoms with Gasteiger partial charge in [0.1, 0.15) is 0 Å². The highest BCUT2D eigenvalue weighted by Crippen LogP contribution is 2.57. The highest BCUT2D eigenvalue weighted by atomic mass is 14.6. The molecule has 15 heavy (non-hydrogen) atoms. The summed E-state index contributed by atoms with van der Waals surface area (Å²) in [6, 6.07) is 0. The van der Waals surface area contributed by atoms with Gasteiger partial charge in [0.05, 0.1) is 0 Å². The Bertz CT molecular complexity index is 225. The second-order valence-corrected chi connectivity index (χ2v) is 6.11. The molecule has 0 aromatic rings. The van der Waals surface area contributed by atoms with E-state index in [0.29, 0.717) is 0 Å². The molecule has 2 N–H and O–H groups in total. The molecular weight excluding hydrogens is 182 g/mol. The lowest BCUT2D eigenvalue weighted by Gasteiger charge is -2.49. The lowest BCUT2D eigenvalue weighted by atomic mass is 9.56. The van der Waals surface area contributed by atoms with Gasteiger partial charge in [-0.15, -0.1) is 0 Å². The molecule has 1 heteroatoms. The van der Waals surface area contributed by atoms with Gasteiger partial charge in [-0.25, -0.2) is 0 Å². The molecule has 0 aromatic carbocycles. The molecule has 2 rings (SSSR count). The first kappa shape index (κ1) is 11.4. The number of nitrogens with two attached hydrogens (primary N) is 1. The van der Waals surface area contributed by atoms with Gasteiger partial charge in [0, 0.05) is 0 Å². The zero-order chi connectivity index (χ0) is 11.2. The highest BCUT2D eigenvalue weighted by Gasteiger charge is 2.51. The van der Waals surface area contributed by atoms with Crippen LogP contribution in [0.5, 0.6) is 0 Å². The summed E-state index contributed by atoms with van der Waals surface area (Å²) < 4.78 is 0. The molecule has 88 valence electrons. The topological polar surface area (TPSA) is 26.0 Å². The zero-order valence-electron chi connectivity index (χ0n) is 10.7. The maximum Gasteiger partial charge on any atom is -0.00435 e. The van der Waals surface area contributed by atoms with Crippen molar-refractivity contribution in [1.82, 2.24) is 0 Å². The average molecular weight is 209 g/mol. The molecule has 0 bridgehead atoms. The quantitative estimate of drug-likeness (QED) is 0.756. The molecule has 7 unspecified atom stereocenters. The molecule has 0 radical (unpaired) electrons. The van der Waals surface area contributed by atoms with Crippen LogP contribution in [0.25, 0.3) is 0 Å². The summed E-state index contributed by atoms with van der Waals surface area (Å²) in [6.45, 7) is 10.5. The van der Waals surface area contributed by atoms with Crippen LogP contribution in [0.1, 0.15) is 40.5 Å². The van der Waals surface area contributed by atoms with E-state index in [4.69, 9.17) is 5.73 Å². The van der Waals surface area contributed by atoms with Crippen LogP contribution in [-0.2, 0) is 0 Å². The molecule has 2 fully saturated rings. The van der Waals surface area contributed by atoms with Crippen molar-refractivity contribution in [2.24, 2.45) is 47.2 Å². The van der Waals surface area contributed by atoms with Crippen molar-refractivity contribution in [2.45, 2.75) is 40.5 Å². The molecular formula is C14H27N. The zero-order valence-corrected chi connectivity index (χ0v) is 10.7. The van der Waals surface area contributed by atoms with Gasteiger partial charge < -0.3 is 5.73 Å². The number of hydrogen-bond acceptors (Lipinski definition) is 1. The summed E-state index contributed by atoms with van der Waals surface area (Å²) in [5.41, 5.74) is 5.87. The van der Waals surface area contributed by atoms with E-state index in [2.05, 4.69) is 27.7 Å². The van der Waals surface area contributed by atoms with Crippen molar-refractivity contribution < 1.29 is 0 Å². The molecule has 0 aromatic heterocycles. The van der Waals surface area contributed by atoms with Gasteiger partial charge in [-0.3, -0.25) is 0 Å². The van der Waals surface area contributed by atoms with Gasteiger partial charge in [-0.1, -0.05) is 34.1 Å². The normalized spacial score (nSPS) is 53.8. The Morgan fingerprint density at radius 3 is 1.80 bits per heavy atom. The van der Waals surface area contributed by atoms with Crippen LogP contribution < -0.4 is 5.73 Å². The standard InChI is InChI=1S/C14H27N/c1-5-11-10(4)13(11)6-12-8(2)9(3)14(12)7-15/h8-14H,5-7,15H2,1-4H3. The Labute approximate surface area is 94.8 Å². The fraction of sp³-hybridized carbons (Fsp3) is 1.00. The van der Waals surface area contributed by atoms with Crippen molar-refractivity contribution in [2.75, 3.05) is 6.54 Å². The van der Waals surface area contributed by atoms with E-state index < -0.39 is 0 Å². The monoisotopic (exact) mass is 209 g/mol. The molecule has 0 spiro atoms. The number of rotatable bonds is 4. The van der Waals surface area contributed by atoms with E-state index in [1.807, 2.05) is 0 Å². The van der Waals surface area contributed by atoms with Crippen molar-refractivity contribution in [3.8, 4) is 0 Å². The summed E-state index contributed by atoms with van der Waals surface area (Å²) in [6.07, 6.45) is 2.85. The molecule has 7 atom stereocenters. The molecule has 0 amide bonds. The summed E-state index contributed by atoms with van der Waals surface area (Å²) in [5, 5.41) is 0. The van der Waals surface area contributed by atoms with E-state index in [-0.39, 0.29) is 0 Å². The molecule has 0 saturated heterocycles. The van der Waals surface area contributed by atoms with E-state index in [9.17, 15) is 0 Å². The van der Waals surface area contributed by atoms with Crippen LogP contribution in [-0.4, -0.2) is 6.54 Å². The van der Waals surface area contributed by atoms with Crippen LogP contribution in [0.4, 0.5) is 0 Å². The SMILES string of the molecule is CCC1C(C)C1CC1C(C)C(C)C1CN. The van der Waals surface area contributed by atoms with Crippen molar-refractivity contribution in [1.29, 1.82) is 0 Å². The van der Waals surface area contributed by atoms with Crippen molar-refractivity contribution >= 4 is 0 Å². The Morgan fingerprint density at radius 1 is 0.800 bits per heavy atom. The minimum absolute atomic E-state index is 0.824. The molecule has 2 aliphatic rings. The largest absolute Gasteiger partial charge is 0.330 e. The first-order valence-electron chi connectivity index (χ1n) is 6.81. The molecule has 0 aliphatic heterocycles. The molecule has 2 aliphatic carbocycles. The summed E-state index contributed by atoms with van der Waals surface area (Å²) in [5.74, 6) is 6.62. The summed E-state index contributed by atoms with van der Waals surface area (Å²) >= 11 is 0. The lowest BCUT2D eigenvalue weighted by molar-refractivity contribution is -0.00267. The van der Waals surface area contributed by atoms with E-state index >= 15 is 0 Å². The predicted octanol–water partition coefficient (Wildman–Crippen LogP) is 3.15. The predicted molar refractivity (Wildman–Crippen MR) is 65.4 cm³/mol. The van der Waals surface area contributed by atoms with Gasteiger partial charge >= 0.3 is 0 Å². The summed E-state index contributed by atoms with van der Waals surface area (Å²) in [4.78, 5) is 0. The Balaban J connectivity index is 1.85. The van der Waals surface area contributed by atoms with E-state index in [1.165, 1.54) is 12.8 Å². The highest BCUT2D eigenvalue weighted by molar-refractivity contribution is 5.00. The summed E-state index contributed by atoms with van der Waals surface area (Å²) in [7, 11) is 0. The molecule has 1 nitrogen and oxygen atoms in total. The third kappa shape index (κ3) is 1.73. The first-order valence-corrected chi connectivity index (χ1v) is 6.81. The maximum atomic E-state index is 5.87. The van der Waals surface area contributed by atoms with Gasteiger partial charge in [0.2, 0.25) is 0 Å². The lowest BCUT2D eigenvalue weighted by Crippen LogP contribution is -2.47. The van der Waals surface area contributed by atoms with Gasteiger partial charge in [0.15, 0.2) is 0 Å². The van der Waals surface area contributed by atoms with Gasteiger partial charge in [-0.2, -0.15) is 0 Å². The number of hydrogen-bond donors (Lipinski definition) is 1. The van der Waals surface area contributed by atoms with Crippen LogP contribution in [0.15, 0.2) is 0 Å². The fourth-order valence-electron chi connectivity index (χ4n) is 4.21. The molecule has 2 saturated carbocycles. The minimum atomic E-state index is 0.824. The Morgan fingerprint density at radius 2 is 1.33 bits per heavy atom. The Kier molecular flexibility index (Phi) is 3.12. The second-order valence-electron chi connectivity index (χ2n) is 6.11. The fourth-order valence-corrected chi connectivity index (χ4v) is 4.21. The minimum Gasteiger partial charge on any atom is -0.330 e. The first-order chi connectivity index (χ1) is 7.11. The van der Waals surface area contributed by atoms with Crippen molar-refractivity contribution in [3.63, 3.8) is 0 Å². The van der Waals surface area contributed by atoms with E-state index in [1.54, 1.807) is 0 Å². The third-order valence-corrected chi connectivity index (χ3v) is 5.78. The second kappa shape index (κ2) is 4.08. The van der Waals surface area contributed by atoms with Crippen LogP contribution in [0.3, 0.4) is 0 Å². The maximum absolute atomic E-state index is 5.87. The Hall–Kier alpha value is -0.0400. The van der Waals surface area contributed by atoms with Crippen LogP contribution >= 0.6 is 0 Å². The van der Waals surface area contributed by atoms with Gasteiger partial charge in [0.25, 0.3) is 0 Å². The van der Waals surface area contributed by atoms with Crippen LogP contribution in [0.2, 0.25) is 0 Å². The van der Waals surface area contributed by atoms with Gasteiger partial charge in [-0.05, 0) is 54.4 Å². The molecule has 0 heterocycles.